The molecule has 1 aliphatic heterocycles. The van der Waals surface area contributed by atoms with Crippen LogP contribution in [0.1, 0.15) is 47.5 Å². The summed E-state index contributed by atoms with van der Waals surface area (Å²) in [6.45, 7) is 10.6. The summed E-state index contributed by atoms with van der Waals surface area (Å²) >= 11 is 0. The van der Waals surface area contributed by atoms with Gasteiger partial charge in [-0.25, -0.2) is 4.79 Å². The molecule has 2 amide bonds. The Bertz CT molecular complexity index is 363. The van der Waals surface area contributed by atoms with Crippen LogP contribution < -0.4 is 5.32 Å². The molecule has 6 heteroatoms. The van der Waals surface area contributed by atoms with Gasteiger partial charge in [0.25, 0.3) is 0 Å². The molecule has 20 heavy (non-hydrogen) atoms. The molecule has 1 heterocycles. The van der Waals surface area contributed by atoms with E-state index >= 15 is 0 Å². The van der Waals surface area contributed by atoms with Crippen molar-refractivity contribution in [3.63, 3.8) is 0 Å². The molecule has 1 fully saturated rings. The lowest BCUT2D eigenvalue weighted by molar-refractivity contribution is -0.170. The van der Waals surface area contributed by atoms with Crippen LogP contribution in [0.25, 0.3) is 0 Å². The molecule has 1 unspecified atom stereocenters. The monoisotopic (exact) mass is 286 g/mol. The summed E-state index contributed by atoms with van der Waals surface area (Å²) in [4.78, 5) is 24.7. The maximum Gasteiger partial charge on any atom is 0.317 e. The van der Waals surface area contributed by atoms with Crippen LogP contribution >= 0.6 is 0 Å². The van der Waals surface area contributed by atoms with Crippen molar-refractivity contribution >= 4 is 12.0 Å². The van der Waals surface area contributed by atoms with Gasteiger partial charge in [-0.3, -0.25) is 4.79 Å². The number of carbonyl (C=O) groups is 2. The Labute approximate surface area is 120 Å². The van der Waals surface area contributed by atoms with Crippen molar-refractivity contribution in [1.82, 2.24) is 10.2 Å². The van der Waals surface area contributed by atoms with E-state index in [4.69, 9.17) is 9.84 Å². The molecule has 1 aliphatic rings. The molecule has 1 saturated heterocycles. The lowest BCUT2D eigenvalue weighted by Crippen LogP contribution is -2.61. The van der Waals surface area contributed by atoms with E-state index in [9.17, 15) is 9.59 Å². The maximum atomic E-state index is 12.3. The Morgan fingerprint density at radius 2 is 1.75 bits per heavy atom. The largest absolute Gasteiger partial charge is 0.481 e. The molecule has 1 rings (SSSR count). The number of carboxylic acid groups (broad SMARTS) is 1. The molecule has 1 atom stereocenters. The lowest BCUT2D eigenvalue weighted by Gasteiger charge is -2.47. The fourth-order valence-corrected chi connectivity index (χ4v) is 2.71. The van der Waals surface area contributed by atoms with E-state index in [1.54, 1.807) is 4.90 Å². The van der Waals surface area contributed by atoms with Gasteiger partial charge in [-0.2, -0.15) is 0 Å². The van der Waals surface area contributed by atoms with Gasteiger partial charge in [0.15, 0.2) is 0 Å². The van der Waals surface area contributed by atoms with Crippen molar-refractivity contribution in [2.75, 3.05) is 13.1 Å². The van der Waals surface area contributed by atoms with Crippen LogP contribution in [-0.2, 0) is 9.53 Å². The number of aliphatic carboxylic acids is 1. The van der Waals surface area contributed by atoms with Gasteiger partial charge in [0.1, 0.15) is 0 Å². The number of rotatable bonds is 4. The van der Waals surface area contributed by atoms with Gasteiger partial charge in [-0.15, -0.1) is 0 Å². The SMILES string of the molecule is CCC(CC(=O)O)NC(=O)N1CC(C)(C)OC(C)(C)C1. The van der Waals surface area contributed by atoms with Gasteiger partial charge in [0.05, 0.1) is 30.7 Å². The summed E-state index contributed by atoms with van der Waals surface area (Å²) < 4.78 is 5.92. The topological polar surface area (TPSA) is 78.9 Å². The molecule has 0 aromatic heterocycles. The van der Waals surface area contributed by atoms with Crippen LogP contribution in [0.4, 0.5) is 4.79 Å². The number of urea groups is 1. The van der Waals surface area contributed by atoms with E-state index in [1.165, 1.54) is 0 Å². The Morgan fingerprint density at radius 3 is 2.15 bits per heavy atom. The van der Waals surface area contributed by atoms with Gasteiger partial charge in [-0.1, -0.05) is 6.92 Å². The molecule has 0 aromatic carbocycles. The van der Waals surface area contributed by atoms with Crippen molar-refractivity contribution in [3.8, 4) is 0 Å². The molecule has 0 aromatic rings. The van der Waals surface area contributed by atoms with Crippen molar-refractivity contribution in [3.05, 3.63) is 0 Å². The van der Waals surface area contributed by atoms with Crippen molar-refractivity contribution in [2.24, 2.45) is 0 Å². The summed E-state index contributed by atoms with van der Waals surface area (Å²) in [6.07, 6.45) is 0.536. The minimum Gasteiger partial charge on any atom is -0.481 e. The number of amides is 2. The second-order valence-electron chi connectivity index (χ2n) is 6.63. The number of nitrogens with one attached hydrogen (secondary N) is 1. The average Bonchev–Trinajstić information content (AvgIpc) is 2.22. The van der Waals surface area contributed by atoms with Gasteiger partial charge >= 0.3 is 12.0 Å². The Hall–Kier alpha value is -1.30. The summed E-state index contributed by atoms with van der Waals surface area (Å²) in [5.74, 6) is -0.903. The maximum absolute atomic E-state index is 12.3. The Kier molecular flexibility index (Phi) is 5.02. The van der Waals surface area contributed by atoms with E-state index in [-0.39, 0.29) is 18.5 Å². The quantitative estimate of drug-likeness (QED) is 0.826. The molecule has 0 spiro atoms. The fourth-order valence-electron chi connectivity index (χ4n) is 2.71. The highest BCUT2D eigenvalue weighted by Gasteiger charge is 2.40. The molecular formula is C14H26N2O4. The predicted octanol–water partition coefficient (Wildman–Crippen LogP) is 1.84. The summed E-state index contributed by atoms with van der Waals surface area (Å²) in [7, 11) is 0. The van der Waals surface area contributed by atoms with Crippen molar-refractivity contribution in [2.45, 2.75) is 64.7 Å². The minimum absolute atomic E-state index is 0.0562. The average molecular weight is 286 g/mol. The molecule has 0 radical (unpaired) electrons. The third kappa shape index (κ3) is 5.00. The zero-order chi connectivity index (χ0) is 15.6. The highest BCUT2D eigenvalue weighted by molar-refractivity contribution is 5.76. The highest BCUT2D eigenvalue weighted by Crippen LogP contribution is 2.28. The van der Waals surface area contributed by atoms with Crippen LogP contribution in [0.15, 0.2) is 0 Å². The smallest absolute Gasteiger partial charge is 0.317 e. The molecule has 6 nitrogen and oxygen atoms in total. The lowest BCUT2D eigenvalue weighted by atomic mass is 9.99. The predicted molar refractivity (Wildman–Crippen MR) is 75.7 cm³/mol. The Morgan fingerprint density at radius 1 is 1.25 bits per heavy atom. The molecule has 0 bridgehead atoms. The van der Waals surface area contributed by atoms with Gasteiger partial charge in [-0.05, 0) is 34.1 Å². The van der Waals surface area contributed by atoms with E-state index < -0.39 is 17.2 Å². The van der Waals surface area contributed by atoms with E-state index in [1.807, 2.05) is 34.6 Å². The first-order valence-corrected chi connectivity index (χ1v) is 7.02. The number of carbonyl (C=O) groups excluding carboxylic acids is 1. The van der Waals surface area contributed by atoms with Crippen molar-refractivity contribution < 1.29 is 19.4 Å². The highest BCUT2D eigenvalue weighted by atomic mass is 16.5. The molecule has 0 aliphatic carbocycles. The minimum atomic E-state index is -0.903. The Balaban J connectivity index is 2.68. The molecule has 0 saturated carbocycles. The van der Waals surface area contributed by atoms with Crippen molar-refractivity contribution in [1.29, 1.82) is 0 Å². The molecule has 116 valence electrons. The van der Waals surface area contributed by atoms with E-state index in [0.717, 1.165) is 0 Å². The normalized spacial score (nSPS) is 22.1. The third-order valence-corrected chi connectivity index (χ3v) is 3.22. The van der Waals surface area contributed by atoms with Crippen LogP contribution in [0, 0.1) is 0 Å². The number of hydrogen-bond acceptors (Lipinski definition) is 3. The van der Waals surface area contributed by atoms with Crippen LogP contribution in [0.2, 0.25) is 0 Å². The molecule has 2 N–H and O–H groups in total. The third-order valence-electron chi connectivity index (χ3n) is 3.22. The number of ether oxygens (including phenoxy) is 1. The van der Waals surface area contributed by atoms with E-state index in [2.05, 4.69) is 5.32 Å². The second-order valence-corrected chi connectivity index (χ2v) is 6.63. The van der Waals surface area contributed by atoms with Crippen LogP contribution in [-0.4, -0.2) is 52.3 Å². The number of hydrogen-bond donors (Lipinski definition) is 2. The first-order valence-electron chi connectivity index (χ1n) is 7.02. The van der Waals surface area contributed by atoms with E-state index in [0.29, 0.717) is 19.5 Å². The standard InChI is InChI=1S/C14H26N2O4/c1-6-10(7-11(17)18)15-12(19)16-8-13(2,3)20-14(4,5)9-16/h10H,6-9H2,1-5H3,(H,15,19)(H,17,18). The number of nitrogens with zero attached hydrogens (tertiary/aromatic N) is 1. The number of morpholine rings is 1. The zero-order valence-electron chi connectivity index (χ0n) is 13.0. The fraction of sp³-hybridized carbons (Fsp3) is 0.857. The summed E-state index contributed by atoms with van der Waals surface area (Å²) in [5.41, 5.74) is -0.818. The van der Waals surface area contributed by atoms with Crippen LogP contribution in [0.3, 0.4) is 0 Å². The van der Waals surface area contributed by atoms with Gasteiger partial charge < -0.3 is 20.1 Å². The first kappa shape index (κ1) is 16.8. The molecular weight excluding hydrogens is 260 g/mol. The van der Waals surface area contributed by atoms with Gasteiger partial charge in [0, 0.05) is 6.04 Å². The first-order chi connectivity index (χ1) is 9.04. The zero-order valence-corrected chi connectivity index (χ0v) is 13.0. The van der Waals surface area contributed by atoms with Crippen LogP contribution in [0.5, 0.6) is 0 Å². The van der Waals surface area contributed by atoms with Gasteiger partial charge in [0.2, 0.25) is 0 Å². The summed E-state index contributed by atoms with van der Waals surface area (Å²) in [6, 6.07) is -0.559. The second kappa shape index (κ2) is 5.99. The summed E-state index contributed by atoms with van der Waals surface area (Å²) in [5, 5.41) is 11.6. The number of carboxylic acids is 1.